The summed E-state index contributed by atoms with van der Waals surface area (Å²) >= 11 is 8.33. The first-order valence-electron chi connectivity index (χ1n) is 4.85. The van der Waals surface area contributed by atoms with E-state index in [0.717, 1.165) is 26.1 Å². The van der Waals surface area contributed by atoms with Crippen molar-refractivity contribution in [1.29, 1.82) is 0 Å². The topological polar surface area (TPSA) is 59.4 Å². The SMILES string of the molecule is Cn1nccc1-c1cc(Cl)c2[nH]nc(I)c2n1. The molecule has 0 radical (unpaired) electrons. The molecule has 0 saturated carbocycles. The molecule has 0 aromatic carbocycles. The van der Waals surface area contributed by atoms with E-state index in [1.54, 1.807) is 10.9 Å². The lowest BCUT2D eigenvalue weighted by molar-refractivity contribution is 0.774. The number of aromatic nitrogens is 5. The Morgan fingerprint density at radius 1 is 1.47 bits per heavy atom. The van der Waals surface area contributed by atoms with E-state index in [1.807, 2.05) is 19.2 Å². The van der Waals surface area contributed by atoms with Crippen LogP contribution in [0.15, 0.2) is 18.3 Å². The standard InChI is InChI=1S/C10H7ClIN5/c1-17-7(2-3-13-17)6-4-5(11)8-9(14-6)10(12)16-15-8/h2-4H,1H3,(H,15,16). The van der Waals surface area contributed by atoms with Crippen molar-refractivity contribution >= 4 is 45.2 Å². The maximum atomic E-state index is 6.20. The lowest BCUT2D eigenvalue weighted by atomic mass is 10.2. The minimum Gasteiger partial charge on any atom is -0.274 e. The summed E-state index contributed by atoms with van der Waals surface area (Å²) in [4.78, 5) is 4.55. The molecule has 86 valence electrons. The zero-order chi connectivity index (χ0) is 12.0. The molecule has 0 amide bonds. The van der Waals surface area contributed by atoms with Crippen LogP contribution >= 0.6 is 34.2 Å². The molecule has 0 aliphatic heterocycles. The van der Waals surface area contributed by atoms with Crippen LogP contribution in [0.1, 0.15) is 0 Å². The Hall–Kier alpha value is -1.15. The van der Waals surface area contributed by atoms with E-state index in [1.165, 1.54) is 0 Å². The highest BCUT2D eigenvalue weighted by Gasteiger charge is 2.12. The van der Waals surface area contributed by atoms with Crippen LogP contribution in [0.5, 0.6) is 0 Å². The normalized spacial score (nSPS) is 11.2. The molecule has 3 aromatic heterocycles. The van der Waals surface area contributed by atoms with Gasteiger partial charge < -0.3 is 0 Å². The van der Waals surface area contributed by atoms with Crippen LogP contribution in [-0.2, 0) is 7.05 Å². The third-order valence-corrected chi connectivity index (χ3v) is 3.57. The minimum absolute atomic E-state index is 0.613. The molecule has 3 aromatic rings. The zero-order valence-corrected chi connectivity index (χ0v) is 11.7. The number of aromatic amines is 1. The van der Waals surface area contributed by atoms with Gasteiger partial charge in [0.25, 0.3) is 0 Å². The molecule has 3 rings (SSSR count). The summed E-state index contributed by atoms with van der Waals surface area (Å²) in [6.45, 7) is 0. The molecule has 0 unspecified atom stereocenters. The number of hydrogen-bond acceptors (Lipinski definition) is 3. The molecule has 0 fully saturated rings. The van der Waals surface area contributed by atoms with Gasteiger partial charge in [-0.15, -0.1) is 0 Å². The van der Waals surface area contributed by atoms with Gasteiger partial charge in [-0.05, 0) is 34.7 Å². The van der Waals surface area contributed by atoms with E-state index in [0.29, 0.717) is 5.02 Å². The second-order valence-corrected chi connectivity index (χ2v) is 5.00. The molecule has 0 aliphatic carbocycles. The van der Waals surface area contributed by atoms with Gasteiger partial charge in [-0.1, -0.05) is 11.6 Å². The Morgan fingerprint density at radius 2 is 2.29 bits per heavy atom. The van der Waals surface area contributed by atoms with Gasteiger partial charge in [0.15, 0.2) is 0 Å². The molecule has 0 aliphatic rings. The highest BCUT2D eigenvalue weighted by molar-refractivity contribution is 14.1. The first kappa shape index (κ1) is 11.0. The maximum Gasteiger partial charge on any atom is 0.149 e. The number of rotatable bonds is 1. The molecule has 0 spiro atoms. The lowest BCUT2D eigenvalue weighted by Crippen LogP contribution is -1.95. The predicted molar refractivity (Wildman–Crippen MR) is 73.8 cm³/mol. The van der Waals surface area contributed by atoms with Gasteiger partial charge in [0.05, 0.1) is 16.4 Å². The number of nitrogens with one attached hydrogen (secondary N) is 1. The number of nitrogens with zero attached hydrogens (tertiary/aromatic N) is 4. The fraction of sp³-hybridized carbons (Fsp3) is 0.100. The second kappa shape index (κ2) is 3.95. The first-order chi connectivity index (χ1) is 8.16. The van der Waals surface area contributed by atoms with Crippen molar-refractivity contribution in [3.8, 4) is 11.4 Å². The van der Waals surface area contributed by atoms with Crippen molar-refractivity contribution in [2.75, 3.05) is 0 Å². The predicted octanol–water partition coefficient (Wildman–Crippen LogP) is 2.62. The van der Waals surface area contributed by atoms with Gasteiger partial charge in [0, 0.05) is 13.2 Å². The number of pyridine rings is 1. The molecule has 0 bridgehead atoms. The smallest absolute Gasteiger partial charge is 0.149 e. The molecule has 7 heteroatoms. The van der Waals surface area contributed by atoms with Gasteiger partial charge >= 0.3 is 0 Å². The van der Waals surface area contributed by atoms with Crippen molar-refractivity contribution in [3.63, 3.8) is 0 Å². The van der Waals surface area contributed by atoms with Crippen LogP contribution < -0.4 is 0 Å². The Labute approximate surface area is 115 Å². The highest BCUT2D eigenvalue weighted by atomic mass is 127. The third kappa shape index (κ3) is 1.71. The number of H-pyrrole nitrogens is 1. The van der Waals surface area contributed by atoms with Crippen LogP contribution in [0.4, 0.5) is 0 Å². The van der Waals surface area contributed by atoms with Crippen molar-refractivity contribution in [1.82, 2.24) is 25.0 Å². The number of halogens is 2. The average molecular weight is 360 g/mol. The Bertz CT molecular complexity index is 702. The molecular weight excluding hydrogens is 353 g/mol. The van der Waals surface area contributed by atoms with Crippen LogP contribution in [-0.4, -0.2) is 25.0 Å². The van der Waals surface area contributed by atoms with E-state index < -0.39 is 0 Å². The fourth-order valence-corrected chi connectivity index (χ4v) is 2.43. The van der Waals surface area contributed by atoms with Crippen LogP contribution in [0.25, 0.3) is 22.4 Å². The summed E-state index contributed by atoms with van der Waals surface area (Å²) in [6.07, 6.45) is 1.73. The van der Waals surface area contributed by atoms with Crippen molar-refractivity contribution in [2.45, 2.75) is 0 Å². The summed E-state index contributed by atoms with van der Waals surface area (Å²) < 4.78 is 2.57. The molecule has 17 heavy (non-hydrogen) atoms. The summed E-state index contributed by atoms with van der Waals surface area (Å²) in [6, 6.07) is 3.71. The largest absolute Gasteiger partial charge is 0.274 e. The maximum absolute atomic E-state index is 6.20. The molecule has 0 saturated heterocycles. The van der Waals surface area contributed by atoms with Gasteiger partial charge in [0.2, 0.25) is 0 Å². The van der Waals surface area contributed by atoms with Crippen LogP contribution in [0.3, 0.4) is 0 Å². The lowest BCUT2D eigenvalue weighted by Gasteiger charge is -2.02. The van der Waals surface area contributed by atoms with Gasteiger partial charge in [0.1, 0.15) is 14.7 Å². The first-order valence-corrected chi connectivity index (χ1v) is 6.31. The molecular formula is C10H7ClIN5. The number of aryl methyl sites for hydroxylation is 1. The van der Waals surface area contributed by atoms with E-state index in [2.05, 4.69) is 42.9 Å². The number of hydrogen-bond donors (Lipinski definition) is 1. The highest BCUT2D eigenvalue weighted by Crippen LogP contribution is 2.28. The van der Waals surface area contributed by atoms with E-state index in [-0.39, 0.29) is 0 Å². The van der Waals surface area contributed by atoms with E-state index >= 15 is 0 Å². The van der Waals surface area contributed by atoms with Crippen molar-refractivity contribution in [3.05, 3.63) is 27.1 Å². The van der Waals surface area contributed by atoms with Crippen molar-refractivity contribution in [2.24, 2.45) is 7.05 Å². The third-order valence-electron chi connectivity index (χ3n) is 2.52. The van der Waals surface area contributed by atoms with E-state index in [4.69, 9.17) is 11.6 Å². The Balaban J connectivity index is 2.32. The summed E-state index contributed by atoms with van der Waals surface area (Å²) in [7, 11) is 1.87. The Kier molecular flexibility index (Phi) is 2.55. The van der Waals surface area contributed by atoms with E-state index in [9.17, 15) is 0 Å². The monoisotopic (exact) mass is 359 g/mol. The quantitative estimate of drug-likeness (QED) is 0.680. The number of fused-ring (bicyclic) bond motifs is 1. The average Bonchev–Trinajstić information content (AvgIpc) is 2.86. The van der Waals surface area contributed by atoms with Crippen LogP contribution in [0.2, 0.25) is 5.02 Å². The van der Waals surface area contributed by atoms with Gasteiger partial charge in [-0.25, -0.2) is 4.98 Å². The molecule has 0 atom stereocenters. The van der Waals surface area contributed by atoms with Crippen molar-refractivity contribution < 1.29 is 0 Å². The minimum atomic E-state index is 0.613. The summed E-state index contributed by atoms with van der Waals surface area (Å²) in [5, 5.41) is 11.7. The van der Waals surface area contributed by atoms with Crippen LogP contribution in [0, 0.1) is 3.70 Å². The zero-order valence-electron chi connectivity index (χ0n) is 8.78. The Morgan fingerprint density at radius 3 is 3.00 bits per heavy atom. The molecule has 5 nitrogen and oxygen atoms in total. The summed E-state index contributed by atoms with van der Waals surface area (Å²) in [5.41, 5.74) is 3.27. The second-order valence-electron chi connectivity index (χ2n) is 3.57. The van der Waals surface area contributed by atoms with Gasteiger partial charge in [-0.2, -0.15) is 10.2 Å². The van der Waals surface area contributed by atoms with Gasteiger partial charge in [-0.3, -0.25) is 9.78 Å². The molecule has 3 heterocycles. The fourth-order valence-electron chi connectivity index (χ4n) is 1.68. The summed E-state index contributed by atoms with van der Waals surface area (Å²) in [5.74, 6) is 0. The molecule has 1 N–H and O–H groups in total.